The molecule has 0 aliphatic carbocycles. The number of hydrogen-bond donors (Lipinski definition) is 2. The van der Waals surface area contributed by atoms with E-state index < -0.39 is 5.97 Å². The first-order valence-corrected chi connectivity index (χ1v) is 6.27. The number of nitrogens with one attached hydrogen (secondary N) is 1. The van der Waals surface area contributed by atoms with Crippen molar-refractivity contribution in [3.05, 3.63) is 40.1 Å². The lowest BCUT2D eigenvalue weighted by Crippen LogP contribution is -2.00. The first-order chi connectivity index (χ1) is 8.61. The topological polar surface area (TPSA) is 58.6 Å². The molecule has 0 atom stereocenters. The van der Waals surface area contributed by atoms with Crippen LogP contribution in [-0.2, 0) is 0 Å². The third kappa shape index (κ3) is 2.46. The van der Waals surface area contributed by atoms with Gasteiger partial charge < -0.3 is 15.2 Å². The first kappa shape index (κ1) is 12.4. The van der Waals surface area contributed by atoms with Gasteiger partial charge >= 0.3 is 5.97 Å². The SMILES string of the molecule is COc1ccc(Nc2cscc2C(=O)O)c(C)c1. The predicted molar refractivity (Wildman–Crippen MR) is 72.3 cm³/mol. The molecule has 1 aromatic heterocycles. The van der Waals surface area contributed by atoms with Crippen LogP contribution in [0, 0.1) is 6.92 Å². The Hall–Kier alpha value is -2.01. The van der Waals surface area contributed by atoms with Crippen LogP contribution in [0.3, 0.4) is 0 Å². The van der Waals surface area contributed by atoms with Crippen molar-refractivity contribution in [2.24, 2.45) is 0 Å². The number of rotatable bonds is 4. The Bertz CT molecular complexity index is 577. The van der Waals surface area contributed by atoms with Crippen molar-refractivity contribution in [1.29, 1.82) is 0 Å². The largest absolute Gasteiger partial charge is 0.497 e. The molecule has 0 radical (unpaired) electrons. The van der Waals surface area contributed by atoms with Gasteiger partial charge in [-0.25, -0.2) is 4.79 Å². The summed E-state index contributed by atoms with van der Waals surface area (Å²) in [5, 5.41) is 15.6. The number of ether oxygens (including phenoxy) is 1. The third-order valence-corrected chi connectivity index (χ3v) is 3.34. The zero-order chi connectivity index (χ0) is 13.1. The summed E-state index contributed by atoms with van der Waals surface area (Å²) in [6.45, 7) is 1.94. The van der Waals surface area contributed by atoms with E-state index in [0.717, 1.165) is 17.0 Å². The molecular weight excluding hydrogens is 250 g/mol. The lowest BCUT2D eigenvalue weighted by molar-refractivity contribution is 0.0698. The summed E-state index contributed by atoms with van der Waals surface area (Å²) >= 11 is 1.36. The first-order valence-electron chi connectivity index (χ1n) is 5.33. The molecule has 1 heterocycles. The van der Waals surface area contributed by atoms with Crippen LogP contribution in [0.25, 0.3) is 0 Å². The van der Waals surface area contributed by atoms with Gasteiger partial charge in [-0.15, -0.1) is 11.3 Å². The van der Waals surface area contributed by atoms with E-state index >= 15 is 0 Å². The summed E-state index contributed by atoms with van der Waals surface area (Å²) in [6.07, 6.45) is 0. The van der Waals surface area contributed by atoms with Gasteiger partial charge in [0.1, 0.15) is 5.75 Å². The van der Waals surface area contributed by atoms with Gasteiger partial charge in [0.15, 0.2) is 0 Å². The number of aryl methyl sites for hydroxylation is 1. The Balaban J connectivity index is 2.28. The van der Waals surface area contributed by atoms with Crippen LogP contribution in [0.2, 0.25) is 0 Å². The average molecular weight is 263 g/mol. The standard InChI is InChI=1S/C13H13NO3S/c1-8-5-9(17-2)3-4-11(8)14-12-7-18-6-10(12)13(15)16/h3-7,14H,1-2H3,(H,15,16). The van der Waals surface area contributed by atoms with E-state index in [2.05, 4.69) is 5.32 Å². The Morgan fingerprint density at radius 1 is 1.33 bits per heavy atom. The number of thiophene rings is 1. The van der Waals surface area contributed by atoms with E-state index in [1.807, 2.05) is 25.1 Å². The van der Waals surface area contributed by atoms with Crippen LogP contribution in [-0.4, -0.2) is 18.2 Å². The number of carboxylic acid groups (broad SMARTS) is 1. The molecule has 0 spiro atoms. The molecule has 2 rings (SSSR count). The Morgan fingerprint density at radius 3 is 2.72 bits per heavy atom. The molecule has 0 unspecified atom stereocenters. The van der Waals surface area contributed by atoms with Gasteiger partial charge in [-0.2, -0.15) is 0 Å². The maximum absolute atomic E-state index is 11.0. The van der Waals surface area contributed by atoms with Crippen LogP contribution < -0.4 is 10.1 Å². The second-order valence-corrected chi connectivity index (χ2v) is 4.55. The van der Waals surface area contributed by atoms with E-state index in [4.69, 9.17) is 9.84 Å². The second-order valence-electron chi connectivity index (χ2n) is 3.81. The quantitative estimate of drug-likeness (QED) is 0.886. The molecule has 2 N–H and O–H groups in total. The molecule has 0 saturated carbocycles. The molecule has 0 fully saturated rings. The van der Waals surface area contributed by atoms with Gasteiger partial charge in [0, 0.05) is 16.4 Å². The number of benzene rings is 1. The van der Waals surface area contributed by atoms with Crippen LogP contribution in [0.5, 0.6) is 5.75 Å². The average Bonchev–Trinajstić information content (AvgIpc) is 2.80. The molecule has 0 amide bonds. The van der Waals surface area contributed by atoms with Crippen LogP contribution in [0.15, 0.2) is 29.0 Å². The van der Waals surface area contributed by atoms with Crippen molar-refractivity contribution in [2.75, 3.05) is 12.4 Å². The fourth-order valence-corrected chi connectivity index (χ4v) is 2.36. The molecule has 0 saturated heterocycles. The minimum Gasteiger partial charge on any atom is -0.497 e. The van der Waals surface area contributed by atoms with E-state index in [9.17, 15) is 4.79 Å². The van der Waals surface area contributed by atoms with Gasteiger partial charge in [-0.3, -0.25) is 0 Å². The summed E-state index contributed by atoms with van der Waals surface area (Å²) in [4.78, 5) is 11.0. The number of carboxylic acids is 1. The number of hydrogen-bond acceptors (Lipinski definition) is 4. The highest BCUT2D eigenvalue weighted by atomic mass is 32.1. The smallest absolute Gasteiger partial charge is 0.338 e. The fraction of sp³-hybridized carbons (Fsp3) is 0.154. The molecule has 0 aliphatic rings. The molecule has 0 bridgehead atoms. The van der Waals surface area contributed by atoms with Gasteiger partial charge in [0.2, 0.25) is 0 Å². The van der Waals surface area contributed by atoms with Crippen LogP contribution in [0.4, 0.5) is 11.4 Å². The molecule has 0 aliphatic heterocycles. The van der Waals surface area contributed by atoms with Crippen molar-refractivity contribution < 1.29 is 14.6 Å². The molecule has 4 nitrogen and oxygen atoms in total. The van der Waals surface area contributed by atoms with Crippen molar-refractivity contribution in [3.63, 3.8) is 0 Å². The normalized spacial score (nSPS) is 10.1. The summed E-state index contributed by atoms with van der Waals surface area (Å²) in [5.41, 5.74) is 2.77. The molecule has 2 aromatic rings. The fourth-order valence-electron chi connectivity index (χ4n) is 1.61. The van der Waals surface area contributed by atoms with E-state index in [1.54, 1.807) is 17.9 Å². The van der Waals surface area contributed by atoms with Gasteiger partial charge in [0.05, 0.1) is 18.4 Å². The van der Waals surface area contributed by atoms with Crippen molar-refractivity contribution >= 4 is 28.7 Å². The summed E-state index contributed by atoms with van der Waals surface area (Å²) < 4.78 is 5.13. The van der Waals surface area contributed by atoms with Crippen LogP contribution >= 0.6 is 11.3 Å². The van der Waals surface area contributed by atoms with Crippen LogP contribution in [0.1, 0.15) is 15.9 Å². The second kappa shape index (κ2) is 5.10. The highest BCUT2D eigenvalue weighted by Gasteiger charge is 2.11. The Morgan fingerprint density at radius 2 is 2.11 bits per heavy atom. The number of aromatic carboxylic acids is 1. The monoisotopic (exact) mass is 263 g/mol. The number of anilines is 2. The number of carbonyl (C=O) groups is 1. The zero-order valence-electron chi connectivity index (χ0n) is 10.1. The highest BCUT2D eigenvalue weighted by Crippen LogP contribution is 2.28. The zero-order valence-corrected chi connectivity index (χ0v) is 10.9. The minimum absolute atomic E-state index is 0.287. The van der Waals surface area contributed by atoms with E-state index in [-0.39, 0.29) is 5.56 Å². The van der Waals surface area contributed by atoms with Crippen molar-refractivity contribution in [2.45, 2.75) is 6.92 Å². The van der Waals surface area contributed by atoms with Crippen molar-refractivity contribution in [1.82, 2.24) is 0 Å². The Kier molecular flexibility index (Phi) is 3.53. The lowest BCUT2D eigenvalue weighted by atomic mass is 10.2. The van der Waals surface area contributed by atoms with Crippen molar-refractivity contribution in [3.8, 4) is 5.75 Å². The molecule has 1 aromatic carbocycles. The maximum Gasteiger partial charge on any atom is 0.338 e. The maximum atomic E-state index is 11.0. The highest BCUT2D eigenvalue weighted by molar-refractivity contribution is 7.08. The predicted octanol–water partition coefficient (Wildman–Crippen LogP) is 3.51. The van der Waals surface area contributed by atoms with Gasteiger partial charge in [-0.05, 0) is 30.7 Å². The van der Waals surface area contributed by atoms with Gasteiger partial charge in [-0.1, -0.05) is 0 Å². The Labute approximate surface area is 109 Å². The van der Waals surface area contributed by atoms with E-state index in [0.29, 0.717) is 5.69 Å². The minimum atomic E-state index is -0.926. The third-order valence-electron chi connectivity index (χ3n) is 2.60. The summed E-state index contributed by atoms with van der Waals surface area (Å²) in [6, 6.07) is 5.61. The lowest BCUT2D eigenvalue weighted by Gasteiger charge is -2.10. The number of methoxy groups -OCH3 is 1. The molecule has 5 heteroatoms. The molecule has 18 heavy (non-hydrogen) atoms. The molecule has 94 valence electrons. The van der Waals surface area contributed by atoms with Gasteiger partial charge in [0.25, 0.3) is 0 Å². The summed E-state index contributed by atoms with van der Waals surface area (Å²) in [5.74, 6) is -0.147. The summed E-state index contributed by atoms with van der Waals surface area (Å²) in [7, 11) is 1.61. The van der Waals surface area contributed by atoms with E-state index in [1.165, 1.54) is 11.3 Å². The molecular formula is C13H13NO3S.